The fourth-order valence-corrected chi connectivity index (χ4v) is 7.53. The van der Waals surface area contributed by atoms with Gasteiger partial charge in [0.15, 0.2) is 0 Å². The SMILES string of the molecule is C=C/C=C\c1cccc(S(=O)(=O)Nc2ccc(C(=O)N3CCN([C@@]4(C)SC4c4ccccc4)CC3)cc2)c1N. The smallest absolute Gasteiger partial charge is 0.263 e. The van der Waals surface area contributed by atoms with E-state index in [0.717, 1.165) is 13.1 Å². The summed E-state index contributed by atoms with van der Waals surface area (Å²) in [5.74, 6) is -0.0526. The van der Waals surface area contributed by atoms with Crippen LogP contribution in [-0.2, 0) is 10.0 Å². The molecule has 0 bridgehead atoms. The summed E-state index contributed by atoms with van der Waals surface area (Å²) in [6.07, 6.45) is 4.99. The van der Waals surface area contributed by atoms with Crippen molar-refractivity contribution in [3.63, 3.8) is 0 Å². The summed E-state index contributed by atoms with van der Waals surface area (Å²) in [6.45, 7) is 8.85. The van der Waals surface area contributed by atoms with Crippen LogP contribution in [0.1, 0.15) is 33.7 Å². The maximum absolute atomic E-state index is 13.2. The molecule has 1 unspecified atom stereocenters. The zero-order valence-electron chi connectivity index (χ0n) is 21.8. The van der Waals surface area contributed by atoms with E-state index in [9.17, 15) is 13.2 Å². The molecule has 0 aromatic heterocycles. The van der Waals surface area contributed by atoms with E-state index in [-0.39, 0.29) is 21.4 Å². The molecule has 2 atom stereocenters. The lowest BCUT2D eigenvalue weighted by molar-refractivity contribution is 0.0578. The number of nitrogens with zero attached hydrogens (tertiary/aromatic N) is 2. The van der Waals surface area contributed by atoms with Crippen molar-refractivity contribution in [3.05, 3.63) is 108 Å². The van der Waals surface area contributed by atoms with Crippen molar-refractivity contribution < 1.29 is 13.2 Å². The molecule has 0 aliphatic carbocycles. The second-order valence-electron chi connectivity index (χ2n) is 9.78. The summed E-state index contributed by atoms with van der Waals surface area (Å²) >= 11 is 1.97. The van der Waals surface area contributed by atoms with Crippen molar-refractivity contribution in [1.29, 1.82) is 0 Å². The van der Waals surface area contributed by atoms with E-state index < -0.39 is 10.0 Å². The molecule has 5 rings (SSSR count). The van der Waals surface area contributed by atoms with Gasteiger partial charge in [-0.15, -0.1) is 11.8 Å². The van der Waals surface area contributed by atoms with Gasteiger partial charge in [0.2, 0.25) is 0 Å². The van der Waals surface area contributed by atoms with E-state index in [0.29, 0.717) is 35.2 Å². The molecule has 3 N–H and O–H groups in total. The summed E-state index contributed by atoms with van der Waals surface area (Å²) in [4.78, 5) is 17.6. The predicted molar refractivity (Wildman–Crippen MR) is 160 cm³/mol. The first kappa shape index (κ1) is 27.1. The summed E-state index contributed by atoms with van der Waals surface area (Å²) in [7, 11) is -3.92. The lowest BCUT2D eigenvalue weighted by atomic mass is 10.1. The van der Waals surface area contributed by atoms with Crippen molar-refractivity contribution in [2.24, 2.45) is 0 Å². The molecule has 202 valence electrons. The third-order valence-corrected chi connectivity index (χ3v) is 10.4. The minimum Gasteiger partial charge on any atom is -0.397 e. The summed E-state index contributed by atoms with van der Waals surface area (Å²) in [5, 5.41) is 0.457. The van der Waals surface area contributed by atoms with E-state index >= 15 is 0 Å². The largest absolute Gasteiger partial charge is 0.397 e. The highest BCUT2D eigenvalue weighted by Gasteiger charge is 2.56. The second kappa shape index (κ2) is 10.9. The number of sulfonamides is 1. The Morgan fingerprint density at radius 2 is 1.72 bits per heavy atom. The first-order valence-corrected chi connectivity index (χ1v) is 15.2. The van der Waals surface area contributed by atoms with Crippen molar-refractivity contribution in [2.75, 3.05) is 36.6 Å². The highest BCUT2D eigenvalue weighted by atomic mass is 32.2. The van der Waals surface area contributed by atoms with E-state index in [4.69, 9.17) is 5.73 Å². The maximum atomic E-state index is 13.2. The van der Waals surface area contributed by atoms with Gasteiger partial charge >= 0.3 is 0 Å². The Morgan fingerprint density at radius 3 is 2.38 bits per heavy atom. The van der Waals surface area contributed by atoms with Gasteiger partial charge in [-0.3, -0.25) is 14.4 Å². The fourth-order valence-electron chi connectivity index (χ4n) is 4.99. The Morgan fingerprint density at radius 1 is 1.03 bits per heavy atom. The number of thioether (sulfide) groups is 1. The van der Waals surface area contributed by atoms with Gasteiger partial charge in [0.05, 0.1) is 15.8 Å². The molecule has 0 spiro atoms. The molecule has 3 aromatic rings. The van der Waals surface area contributed by atoms with E-state index in [1.165, 1.54) is 11.6 Å². The number of nitrogen functional groups attached to an aromatic ring is 1. The van der Waals surface area contributed by atoms with Crippen molar-refractivity contribution in [3.8, 4) is 0 Å². The summed E-state index contributed by atoms with van der Waals surface area (Å²) in [5.41, 5.74) is 9.10. The minimum atomic E-state index is -3.92. The van der Waals surface area contributed by atoms with Crippen LogP contribution < -0.4 is 10.5 Å². The molecule has 7 nitrogen and oxygen atoms in total. The monoisotopic (exact) mass is 560 g/mol. The van der Waals surface area contributed by atoms with E-state index in [2.05, 4.69) is 47.4 Å². The number of amides is 1. The van der Waals surface area contributed by atoms with Crippen molar-refractivity contribution in [2.45, 2.75) is 21.9 Å². The Kier molecular flexibility index (Phi) is 7.57. The Balaban J connectivity index is 1.20. The molecule has 2 saturated heterocycles. The molecule has 2 fully saturated rings. The number of nitrogens with two attached hydrogens (primary N) is 1. The van der Waals surface area contributed by atoms with Crippen LogP contribution in [0.5, 0.6) is 0 Å². The number of allylic oxidation sites excluding steroid dienone is 2. The average Bonchev–Trinajstić information content (AvgIpc) is 3.65. The number of benzene rings is 3. The summed E-state index contributed by atoms with van der Waals surface area (Å²) in [6, 6.07) is 21.9. The molecule has 3 aromatic carbocycles. The Bertz CT molecular complexity index is 1500. The first-order valence-electron chi connectivity index (χ1n) is 12.8. The van der Waals surface area contributed by atoms with Crippen LogP contribution in [-0.4, -0.2) is 55.2 Å². The van der Waals surface area contributed by atoms with Crippen LogP contribution in [0.15, 0.2) is 96.4 Å². The number of piperazine rings is 1. The highest BCUT2D eigenvalue weighted by molar-refractivity contribution is 8.08. The van der Waals surface area contributed by atoms with Crippen molar-refractivity contribution in [1.82, 2.24) is 9.80 Å². The van der Waals surface area contributed by atoms with Gasteiger partial charge < -0.3 is 10.6 Å². The lowest BCUT2D eigenvalue weighted by Gasteiger charge is -2.38. The zero-order chi connectivity index (χ0) is 27.6. The van der Waals surface area contributed by atoms with E-state index in [1.807, 2.05) is 22.7 Å². The third-order valence-electron chi connectivity index (χ3n) is 7.27. The average molecular weight is 561 g/mol. The van der Waals surface area contributed by atoms with E-state index in [1.54, 1.807) is 54.6 Å². The quantitative estimate of drug-likeness (QED) is 0.223. The van der Waals surface area contributed by atoms with Gasteiger partial charge in [-0.25, -0.2) is 8.42 Å². The van der Waals surface area contributed by atoms with Crippen molar-refractivity contribution >= 4 is 45.1 Å². The van der Waals surface area contributed by atoms with Gasteiger partial charge in [-0.2, -0.15) is 0 Å². The minimum absolute atomic E-state index is 0.0104. The fraction of sp³-hybridized carbons (Fsp3) is 0.233. The lowest BCUT2D eigenvalue weighted by Crippen LogP contribution is -2.52. The molecule has 2 aliphatic heterocycles. The van der Waals surface area contributed by atoms with Crippen LogP contribution in [0.3, 0.4) is 0 Å². The number of anilines is 2. The molecule has 0 radical (unpaired) electrons. The standard InChI is InChI=1S/C30H32N4O3S2/c1-3-4-9-22-12-8-13-26(27(22)31)39(36,37)32-25-16-14-24(15-17-25)29(35)33-18-20-34(21-19-33)30(2)28(38-30)23-10-6-5-7-11-23/h3-17,28,32H,1,18-21,31H2,2H3/b9-4-/t28?,30-/m0/s1. The topological polar surface area (TPSA) is 95.7 Å². The number of hydrogen-bond acceptors (Lipinski definition) is 6. The zero-order valence-corrected chi connectivity index (χ0v) is 23.4. The van der Waals surface area contributed by atoms with Crippen LogP contribution in [0.25, 0.3) is 6.08 Å². The number of carbonyl (C=O) groups excluding carboxylic acids is 1. The van der Waals surface area contributed by atoms with Gasteiger partial charge in [0, 0.05) is 37.4 Å². The van der Waals surface area contributed by atoms with Crippen LogP contribution in [0.4, 0.5) is 11.4 Å². The van der Waals surface area contributed by atoms with Gasteiger partial charge in [-0.05, 0) is 48.4 Å². The number of para-hydroxylation sites is 1. The molecule has 9 heteroatoms. The molecular weight excluding hydrogens is 528 g/mol. The highest BCUT2D eigenvalue weighted by Crippen LogP contribution is 2.66. The first-order chi connectivity index (χ1) is 18.7. The predicted octanol–water partition coefficient (Wildman–Crippen LogP) is 5.23. The van der Waals surface area contributed by atoms with Gasteiger partial charge in [-0.1, -0.05) is 67.3 Å². The Labute approximate surface area is 234 Å². The van der Waals surface area contributed by atoms with Gasteiger partial charge in [0.1, 0.15) is 4.90 Å². The molecule has 1 amide bonds. The molecule has 0 saturated carbocycles. The Hall–Kier alpha value is -3.53. The summed E-state index contributed by atoms with van der Waals surface area (Å²) < 4.78 is 28.6. The molecule has 2 aliphatic rings. The normalized spacial score (nSPS) is 21.6. The number of nitrogens with one attached hydrogen (secondary N) is 1. The van der Waals surface area contributed by atoms with Gasteiger partial charge in [0.25, 0.3) is 15.9 Å². The van der Waals surface area contributed by atoms with Crippen LogP contribution in [0, 0.1) is 0 Å². The number of carbonyl (C=O) groups is 1. The molecular formula is C30H32N4O3S2. The second-order valence-corrected chi connectivity index (χ2v) is 13.0. The molecule has 39 heavy (non-hydrogen) atoms. The number of rotatable bonds is 8. The molecule has 2 heterocycles. The van der Waals surface area contributed by atoms with Crippen LogP contribution in [0.2, 0.25) is 0 Å². The maximum Gasteiger partial charge on any atom is 0.263 e. The van der Waals surface area contributed by atoms with Crippen LogP contribution >= 0.6 is 11.8 Å². The number of hydrogen-bond donors (Lipinski definition) is 2. The third kappa shape index (κ3) is 5.61.